The van der Waals surface area contributed by atoms with Gasteiger partial charge in [0.2, 0.25) is 0 Å². The molecule has 1 fully saturated rings. The minimum absolute atomic E-state index is 0.111. The largest absolute Gasteiger partial charge is 0.467 e. The van der Waals surface area contributed by atoms with E-state index < -0.39 is 0 Å². The van der Waals surface area contributed by atoms with Crippen LogP contribution in [0.25, 0.3) is 0 Å². The Balaban J connectivity index is 2.06. The molecule has 0 aromatic heterocycles. The first-order chi connectivity index (χ1) is 7.86. The van der Waals surface area contributed by atoms with Crippen molar-refractivity contribution in [3.63, 3.8) is 0 Å². The fourth-order valence-corrected chi connectivity index (χ4v) is 2.46. The lowest BCUT2D eigenvalue weighted by Crippen LogP contribution is -2.20. The second-order valence-corrected chi connectivity index (χ2v) is 4.20. The van der Waals surface area contributed by atoms with Gasteiger partial charge in [0.25, 0.3) is 0 Å². The van der Waals surface area contributed by atoms with Gasteiger partial charge in [-0.1, -0.05) is 0 Å². The van der Waals surface area contributed by atoms with Crippen molar-refractivity contribution in [3.05, 3.63) is 29.1 Å². The van der Waals surface area contributed by atoms with Crippen LogP contribution in [0, 0.1) is 5.82 Å². The predicted molar refractivity (Wildman–Crippen MR) is 56.7 cm³/mol. The van der Waals surface area contributed by atoms with E-state index in [2.05, 4.69) is 5.32 Å². The highest BCUT2D eigenvalue weighted by Crippen LogP contribution is 2.35. The van der Waals surface area contributed by atoms with Crippen LogP contribution in [0.4, 0.5) is 4.39 Å². The number of hydrogen-bond donors (Lipinski definition) is 1. The van der Waals surface area contributed by atoms with Crippen LogP contribution >= 0.6 is 0 Å². The molecule has 0 aliphatic carbocycles. The van der Waals surface area contributed by atoms with E-state index in [-0.39, 0.29) is 18.7 Å². The van der Waals surface area contributed by atoms with Crippen LogP contribution in [0.1, 0.15) is 30.0 Å². The molecule has 1 N–H and O–H groups in total. The molecule has 0 saturated carbocycles. The van der Waals surface area contributed by atoms with Gasteiger partial charge in [-0.3, -0.25) is 0 Å². The van der Waals surface area contributed by atoms with Crippen molar-refractivity contribution >= 4 is 0 Å². The van der Waals surface area contributed by atoms with Crippen LogP contribution in [0.5, 0.6) is 5.75 Å². The lowest BCUT2D eigenvalue weighted by Gasteiger charge is -2.23. The Morgan fingerprint density at radius 1 is 1.38 bits per heavy atom. The fourth-order valence-electron chi connectivity index (χ4n) is 2.46. The van der Waals surface area contributed by atoms with Crippen LogP contribution in [0.15, 0.2) is 12.1 Å². The maximum Gasteiger partial charge on any atom is 0.189 e. The molecule has 2 aliphatic heterocycles. The second kappa shape index (κ2) is 4.03. The summed E-state index contributed by atoms with van der Waals surface area (Å²) in [4.78, 5) is 0. The predicted octanol–water partition coefficient (Wildman–Crippen LogP) is 2.12. The van der Waals surface area contributed by atoms with E-state index in [4.69, 9.17) is 9.47 Å². The molecule has 1 saturated heterocycles. The van der Waals surface area contributed by atoms with Crippen LogP contribution in [-0.2, 0) is 11.3 Å². The number of halogens is 1. The average molecular weight is 223 g/mol. The molecule has 1 unspecified atom stereocenters. The van der Waals surface area contributed by atoms with Crippen molar-refractivity contribution in [1.82, 2.24) is 5.32 Å². The monoisotopic (exact) mass is 223 g/mol. The first kappa shape index (κ1) is 10.1. The molecule has 0 amide bonds. The molecule has 0 radical (unpaired) electrons. The van der Waals surface area contributed by atoms with Gasteiger partial charge in [0, 0.05) is 17.2 Å². The molecule has 1 atom stereocenters. The van der Waals surface area contributed by atoms with Crippen LogP contribution in [0.2, 0.25) is 0 Å². The normalized spacial score (nSPS) is 23.9. The SMILES string of the molecule is Fc1ccc2c(c1C1CCCN1)COCO2. The first-order valence-electron chi connectivity index (χ1n) is 5.61. The third kappa shape index (κ3) is 1.58. The minimum atomic E-state index is -0.160. The standard InChI is InChI=1S/C12H14FNO2/c13-9-3-4-11-8(6-15-7-16-11)12(9)10-2-1-5-14-10/h3-4,10,14H,1-2,5-7H2. The number of hydrogen-bond acceptors (Lipinski definition) is 3. The molecular weight excluding hydrogens is 209 g/mol. The van der Waals surface area contributed by atoms with E-state index in [0.29, 0.717) is 6.61 Å². The van der Waals surface area contributed by atoms with Gasteiger partial charge in [0.05, 0.1) is 6.61 Å². The molecule has 1 aromatic rings. The summed E-state index contributed by atoms with van der Waals surface area (Å²) in [6.07, 6.45) is 2.07. The number of rotatable bonds is 1. The highest BCUT2D eigenvalue weighted by molar-refractivity contribution is 5.43. The zero-order valence-corrected chi connectivity index (χ0v) is 8.96. The summed E-state index contributed by atoms with van der Waals surface area (Å²) < 4.78 is 24.5. The lowest BCUT2D eigenvalue weighted by atomic mass is 9.97. The molecule has 3 nitrogen and oxygen atoms in total. The summed E-state index contributed by atoms with van der Waals surface area (Å²) in [5.74, 6) is 0.601. The summed E-state index contributed by atoms with van der Waals surface area (Å²) >= 11 is 0. The molecule has 2 aliphatic rings. The Labute approximate surface area is 93.6 Å². The number of ether oxygens (including phenoxy) is 2. The number of fused-ring (bicyclic) bond motifs is 1. The summed E-state index contributed by atoms with van der Waals surface area (Å²) in [7, 11) is 0. The zero-order valence-electron chi connectivity index (χ0n) is 8.96. The number of nitrogens with one attached hydrogen (secondary N) is 1. The van der Waals surface area contributed by atoms with Gasteiger partial charge in [-0.2, -0.15) is 0 Å². The van der Waals surface area contributed by atoms with Crippen LogP contribution in [-0.4, -0.2) is 13.3 Å². The smallest absolute Gasteiger partial charge is 0.189 e. The summed E-state index contributed by atoms with van der Waals surface area (Å²) in [6, 6.07) is 3.28. The van der Waals surface area contributed by atoms with Gasteiger partial charge in [-0.25, -0.2) is 4.39 Å². The van der Waals surface area contributed by atoms with Crippen LogP contribution < -0.4 is 10.1 Å². The maximum atomic E-state index is 13.9. The van der Waals surface area contributed by atoms with E-state index in [1.165, 1.54) is 6.07 Å². The molecule has 86 valence electrons. The molecule has 16 heavy (non-hydrogen) atoms. The van der Waals surface area contributed by atoms with Crippen LogP contribution in [0.3, 0.4) is 0 Å². The van der Waals surface area contributed by atoms with Crippen molar-refractivity contribution in [2.24, 2.45) is 0 Å². The minimum Gasteiger partial charge on any atom is -0.467 e. The van der Waals surface area contributed by atoms with E-state index in [0.717, 1.165) is 36.3 Å². The van der Waals surface area contributed by atoms with Crippen molar-refractivity contribution < 1.29 is 13.9 Å². The second-order valence-electron chi connectivity index (χ2n) is 4.20. The molecule has 0 bridgehead atoms. The number of benzene rings is 1. The van der Waals surface area contributed by atoms with Gasteiger partial charge >= 0.3 is 0 Å². The summed E-state index contributed by atoms with van der Waals surface area (Å²) in [5, 5.41) is 3.31. The highest BCUT2D eigenvalue weighted by Gasteiger charge is 2.26. The topological polar surface area (TPSA) is 30.5 Å². The van der Waals surface area contributed by atoms with Gasteiger partial charge < -0.3 is 14.8 Å². The highest BCUT2D eigenvalue weighted by atomic mass is 19.1. The van der Waals surface area contributed by atoms with E-state index in [1.54, 1.807) is 6.07 Å². The zero-order chi connectivity index (χ0) is 11.0. The van der Waals surface area contributed by atoms with Crippen molar-refractivity contribution in [2.45, 2.75) is 25.5 Å². The Hall–Kier alpha value is -1.13. The molecule has 2 heterocycles. The maximum absolute atomic E-state index is 13.9. The summed E-state index contributed by atoms with van der Waals surface area (Å²) in [5.41, 5.74) is 1.60. The Kier molecular flexibility index (Phi) is 2.53. The van der Waals surface area contributed by atoms with Gasteiger partial charge in [-0.15, -0.1) is 0 Å². The third-order valence-electron chi connectivity index (χ3n) is 3.21. The molecule has 1 aromatic carbocycles. The first-order valence-corrected chi connectivity index (χ1v) is 5.61. The van der Waals surface area contributed by atoms with Gasteiger partial charge in [0.15, 0.2) is 6.79 Å². The Morgan fingerprint density at radius 3 is 3.12 bits per heavy atom. The van der Waals surface area contributed by atoms with E-state index >= 15 is 0 Å². The molecule has 3 rings (SSSR count). The third-order valence-corrected chi connectivity index (χ3v) is 3.21. The van der Waals surface area contributed by atoms with Crippen molar-refractivity contribution in [3.8, 4) is 5.75 Å². The van der Waals surface area contributed by atoms with E-state index in [1.807, 2.05) is 0 Å². The van der Waals surface area contributed by atoms with E-state index in [9.17, 15) is 4.39 Å². The Bertz CT molecular complexity index is 402. The molecule has 4 heteroatoms. The van der Waals surface area contributed by atoms with Gasteiger partial charge in [-0.05, 0) is 31.5 Å². The molecule has 0 spiro atoms. The quantitative estimate of drug-likeness (QED) is 0.791. The fraction of sp³-hybridized carbons (Fsp3) is 0.500. The molecular formula is C12H14FNO2. The van der Waals surface area contributed by atoms with Crippen molar-refractivity contribution in [1.29, 1.82) is 0 Å². The average Bonchev–Trinajstić information content (AvgIpc) is 2.82. The summed E-state index contributed by atoms with van der Waals surface area (Å²) in [6.45, 7) is 1.66. The van der Waals surface area contributed by atoms with Gasteiger partial charge in [0.1, 0.15) is 11.6 Å². The lowest BCUT2D eigenvalue weighted by molar-refractivity contribution is -0.0173. The van der Waals surface area contributed by atoms with Crippen molar-refractivity contribution in [2.75, 3.05) is 13.3 Å². The Morgan fingerprint density at radius 2 is 2.31 bits per heavy atom.